The molecule has 4 nitrogen and oxygen atoms in total. The first kappa shape index (κ1) is 11.4. The summed E-state index contributed by atoms with van der Waals surface area (Å²) >= 11 is 0.977. The van der Waals surface area contributed by atoms with Gasteiger partial charge in [-0.2, -0.15) is 0 Å². The molecule has 0 heterocycles. The van der Waals surface area contributed by atoms with Crippen molar-refractivity contribution in [2.45, 2.75) is 20.3 Å². The highest BCUT2D eigenvalue weighted by Crippen LogP contribution is 1.96. The third-order valence-corrected chi connectivity index (χ3v) is 1.63. The normalized spacial score (nSPS) is 9.50. The first-order valence-corrected chi connectivity index (χ1v) is 4.54. The molecule has 0 aromatic heterocycles. The van der Waals surface area contributed by atoms with E-state index in [1.54, 1.807) is 0 Å². The Morgan fingerprint density at radius 3 is 2.67 bits per heavy atom. The third kappa shape index (κ3) is 7.56. The summed E-state index contributed by atoms with van der Waals surface area (Å²) in [6, 6.07) is 0. The molecule has 1 N–H and O–H groups in total. The number of carbonyl (C=O) groups excluding carboxylic acids is 2. The summed E-state index contributed by atoms with van der Waals surface area (Å²) in [6.07, 6.45) is 0.966. The standard InChI is InChI=1S/C7H13NO3S/c1-3-4-8-12-7(10)5-11-6(2)9/h8H,3-5H2,1-2H3. The number of nitrogens with one attached hydrogen (secondary N) is 1. The highest BCUT2D eigenvalue weighted by molar-refractivity contribution is 8.12. The molecule has 0 bridgehead atoms. The first-order valence-electron chi connectivity index (χ1n) is 3.72. The molecule has 12 heavy (non-hydrogen) atoms. The smallest absolute Gasteiger partial charge is 0.303 e. The van der Waals surface area contributed by atoms with Crippen LogP contribution in [0.15, 0.2) is 0 Å². The van der Waals surface area contributed by atoms with Crippen LogP contribution in [-0.2, 0) is 14.3 Å². The van der Waals surface area contributed by atoms with Crippen LogP contribution < -0.4 is 4.72 Å². The molecule has 0 spiro atoms. The zero-order chi connectivity index (χ0) is 9.40. The molecule has 0 aliphatic heterocycles. The topological polar surface area (TPSA) is 55.4 Å². The fraction of sp³-hybridized carbons (Fsp3) is 0.714. The second kappa shape index (κ2) is 7.12. The van der Waals surface area contributed by atoms with Gasteiger partial charge in [0.15, 0.2) is 6.61 Å². The van der Waals surface area contributed by atoms with E-state index in [4.69, 9.17) is 0 Å². The van der Waals surface area contributed by atoms with Gasteiger partial charge in [0.2, 0.25) is 5.12 Å². The van der Waals surface area contributed by atoms with E-state index in [1.807, 2.05) is 6.92 Å². The summed E-state index contributed by atoms with van der Waals surface area (Å²) in [6.45, 7) is 3.90. The van der Waals surface area contributed by atoms with Gasteiger partial charge in [-0.1, -0.05) is 6.92 Å². The van der Waals surface area contributed by atoms with Gasteiger partial charge in [0.05, 0.1) is 0 Å². The molecule has 0 rings (SSSR count). The van der Waals surface area contributed by atoms with Crippen molar-refractivity contribution in [3.8, 4) is 0 Å². The molecule has 0 unspecified atom stereocenters. The van der Waals surface area contributed by atoms with E-state index in [0.717, 1.165) is 24.9 Å². The summed E-state index contributed by atoms with van der Waals surface area (Å²) in [5.41, 5.74) is 0. The summed E-state index contributed by atoms with van der Waals surface area (Å²) in [5.74, 6) is -0.431. The molecule has 0 fully saturated rings. The van der Waals surface area contributed by atoms with Crippen molar-refractivity contribution in [3.05, 3.63) is 0 Å². The summed E-state index contributed by atoms with van der Waals surface area (Å²) < 4.78 is 7.32. The second-order valence-electron chi connectivity index (χ2n) is 2.15. The minimum Gasteiger partial charge on any atom is -0.457 e. The number of hydrogen-bond acceptors (Lipinski definition) is 5. The van der Waals surface area contributed by atoms with E-state index in [0.29, 0.717) is 0 Å². The van der Waals surface area contributed by atoms with Gasteiger partial charge < -0.3 is 4.74 Å². The van der Waals surface area contributed by atoms with Crippen molar-refractivity contribution in [2.75, 3.05) is 13.2 Å². The monoisotopic (exact) mass is 191 g/mol. The second-order valence-corrected chi connectivity index (χ2v) is 3.10. The van der Waals surface area contributed by atoms with Gasteiger partial charge in [0.25, 0.3) is 0 Å². The lowest BCUT2D eigenvalue weighted by atomic mass is 10.5. The Kier molecular flexibility index (Phi) is 6.79. The maximum Gasteiger partial charge on any atom is 0.303 e. The fourth-order valence-corrected chi connectivity index (χ4v) is 1.01. The molecule has 0 saturated carbocycles. The predicted octanol–water partition coefficient (Wildman–Crippen LogP) is 0.724. The van der Waals surface area contributed by atoms with Crippen LogP contribution in [0.25, 0.3) is 0 Å². The predicted molar refractivity (Wildman–Crippen MR) is 47.5 cm³/mol. The van der Waals surface area contributed by atoms with E-state index in [-0.39, 0.29) is 11.7 Å². The van der Waals surface area contributed by atoms with E-state index in [1.165, 1.54) is 6.92 Å². The molecule has 0 aromatic carbocycles. The molecule has 0 amide bonds. The average molecular weight is 191 g/mol. The van der Waals surface area contributed by atoms with Crippen LogP contribution in [0.1, 0.15) is 20.3 Å². The van der Waals surface area contributed by atoms with E-state index in [2.05, 4.69) is 9.46 Å². The third-order valence-electron chi connectivity index (χ3n) is 0.931. The van der Waals surface area contributed by atoms with Gasteiger partial charge in [0.1, 0.15) is 0 Å². The zero-order valence-corrected chi connectivity index (χ0v) is 8.07. The lowest BCUT2D eigenvalue weighted by Gasteiger charge is -2.00. The van der Waals surface area contributed by atoms with Crippen LogP contribution in [0.4, 0.5) is 0 Å². The average Bonchev–Trinajstić information content (AvgIpc) is 2.01. The van der Waals surface area contributed by atoms with Crippen LogP contribution in [0.2, 0.25) is 0 Å². The Hall–Kier alpha value is -0.550. The van der Waals surface area contributed by atoms with Gasteiger partial charge in [-0.25, -0.2) is 0 Å². The zero-order valence-electron chi connectivity index (χ0n) is 7.25. The Morgan fingerprint density at radius 2 is 2.17 bits per heavy atom. The molecule has 0 aliphatic rings. The molecule has 5 heteroatoms. The lowest BCUT2D eigenvalue weighted by molar-refractivity contribution is -0.143. The van der Waals surface area contributed by atoms with Gasteiger partial charge in [-0.05, 0) is 18.4 Å². The Morgan fingerprint density at radius 1 is 1.50 bits per heavy atom. The summed E-state index contributed by atoms with van der Waals surface area (Å²) in [5, 5.41) is -0.182. The molecule has 0 radical (unpaired) electrons. The van der Waals surface area contributed by atoms with Crippen molar-refractivity contribution in [1.82, 2.24) is 4.72 Å². The summed E-state index contributed by atoms with van der Waals surface area (Å²) in [4.78, 5) is 21.1. The van der Waals surface area contributed by atoms with Crippen molar-refractivity contribution < 1.29 is 14.3 Å². The number of carbonyl (C=O) groups is 2. The van der Waals surface area contributed by atoms with E-state index >= 15 is 0 Å². The van der Waals surface area contributed by atoms with Crippen molar-refractivity contribution in [1.29, 1.82) is 0 Å². The van der Waals surface area contributed by atoms with Crippen LogP contribution in [-0.4, -0.2) is 24.2 Å². The fourth-order valence-electron chi connectivity index (χ4n) is 0.424. The van der Waals surface area contributed by atoms with Gasteiger partial charge in [-0.3, -0.25) is 14.3 Å². The maximum absolute atomic E-state index is 10.8. The van der Waals surface area contributed by atoms with Crippen LogP contribution in [0.5, 0.6) is 0 Å². The first-order chi connectivity index (χ1) is 5.66. The van der Waals surface area contributed by atoms with E-state index < -0.39 is 5.97 Å². The minimum atomic E-state index is -0.431. The SMILES string of the molecule is CCCNSC(=O)COC(C)=O. The molecule has 0 saturated heterocycles. The Balaban J connectivity index is 3.28. The molecule has 0 aliphatic carbocycles. The largest absolute Gasteiger partial charge is 0.457 e. The Labute approximate surface area is 76.2 Å². The number of hydrogen-bond donors (Lipinski definition) is 1. The highest BCUT2D eigenvalue weighted by atomic mass is 32.2. The minimum absolute atomic E-state index is 0.156. The Bertz CT molecular complexity index is 161. The van der Waals surface area contributed by atoms with Crippen molar-refractivity contribution >= 4 is 23.0 Å². The lowest BCUT2D eigenvalue weighted by Crippen LogP contribution is -2.14. The van der Waals surface area contributed by atoms with Crippen LogP contribution in [0, 0.1) is 0 Å². The van der Waals surface area contributed by atoms with Crippen molar-refractivity contribution in [3.63, 3.8) is 0 Å². The molecular weight excluding hydrogens is 178 g/mol. The van der Waals surface area contributed by atoms with Crippen molar-refractivity contribution in [2.24, 2.45) is 0 Å². The molecular formula is C7H13NO3S. The quantitative estimate of drug-likeness (QED) is 0.394. The van der Waals surface area contributed by atoms with Gasteiger partial charge in [-0.15, -0.1) is 0 Å². The molecule has 0 aromatic rings. The molecule has 0 atom stereocenters. The summed E-state index contributed by atoms with van der Waals surface area (Å²) in [7, 11) is 0. The van der Waals surface area contributed by atoms with Crippen LogP contribution >= 0.6 is 11.9 Å². The maximum atomic E-state index is 10.8. The van der Waals surface area contributed by atoms with Crippen LogP contribution in [0.3, 0.4) is 0 Å². The van der Waals surface area contributed by atoms with E-state index in [9.17, 15) is 9.59 Å². The van der Waals surface area contributed by atoms with Gasteiger partial charge >= 0.3 is 5.97 Å². The number of ether oxygens (including phenoxy) is 1. The number of rotatable bonds is 5. The highest BCUT2D eigenvalue weighted by Gasteiger charge is 2.03. The number of esters is 1. The van der Waals surface area contributed by atoms with Gasteiger partial charge in [0, 0.05) is 13.5 Å². The molecule has 70 valence electrons.